The molecule has 2 saturated carbocycles. The number of hydrogen-bond donors (Lipinski definition) is 1. The lowest BCUT2D eigenvalue weighted by Crippen LogP contribution is -2.35. The molecular weight excluding hydrogens is 338 g/mol. The molecule has 5 atom stereocenters. The van der Waals surface area contributed by atoms with Gasteiger partial charge in [0.25, 0.3) is 0 Å². The van der Waals surface area contributed by atoms with Crippen molar-refractivity contribution in [1.82, 2.24) is 4.90 Å². The number of aliphatic hydroxyl groups is 1. The number of benzene rings is 2. The monoisotopic (exact) mass is 365 g/mol. The van der Waals surface area contributed by atoms with Crippen LogP contribution in [0.4, 0.5) is 0 Å². The van der Waals surface area contributed by atoms with Gasteiger partial charge in [0.2, 0.25) is 0 Å². The standard InChI is InChI=1S/C23H27NO3/c1-24(2)23-18-14-21(19(23)13-20(18)25)27-22(26)12-16-10-6-7-11-17(16)15-8-4-3-5-9-15/h3-11,18-21,23,25H,12-14H2,1-2H3. The fraction of sp³-hybridized carbons (Fsp3) is 0.435. The van der Waals surface area contributed by atoms with Gasteiger partial charge in [-0.1, -0.05) is 54.6 Å². The molecule has 0 spiro atoms. The van der Waals surface area contributed by atoms with Crippen LogP contribution in [0.15, 0.2) is 54.6 Å². The van der Waals surface area contributed by atoms with Crippen molar-refractivity contribution in [2.45, 2.75) is 37.5 Å². The van der Waals surface area contributed by atoms with Gasteiger partial charge in [0.15, 0.2) is 0 Å². The van der Waals surface area contributed by atoms with E-state index < -0.39 is 0 Å². The van der Waals surface area contributed by atoms with Crippen molar-refractivity contribution < 1.29 is 14.6 Å². The molecule has 2 aliphatic rings. The largest absolute Gasteiger partial charge is 0.462 e. The predicted octanol–water partition coefficient (Wildman–Crippen LogP) is 3.14. The first-order chi connectivity index (χ1) is 13.0. The molecule has 0 amide bonds. The van der Waals surface area contributed by atoms with Gasteiger partial charge >= 0.3 is 5.97 Å². The van der Waals surface area contributed by atoms with Gasteiger partial charge in [0.1, 0.15) is 6.10 Å². The van der Waals surface area contributed by atoms with E-state index in [0.717, 1.165) is 29.5 Å². The van der Waals surface area contributed by atoms with Crippen molar-refractivity contribution in [3.63, 3.8) is 0 Å². The number of carbonyl (C=O) groups is 1. The highest BCUT2D eigenvalue weighted by atomic mass is 16.5. The molecule has 142 valence electrons. The lowest BCUT2D eigenvalue weighted by molar-refractivity contribution is -0.151. The van der Waals surface area contributed by atoms with Crippen LogP contribution in [0.1, 0.15) is 18.4 Å². The fourth-order valence-corrected chi connectivity index (χ4v) is 5.09. The first kappa shape index (κ1) is 18.2. The molecule has 0 saturated heterocycles. The van der Waals surface area contributed by atoms with Gasteiger partial charge in [-0.25, -0.2) is 0 Å². The van der Waals surface area contributed by atoms with Crippen LogP contribution in [-0.4, -0.2) is 48.3 Å². The molecule has 0 aromatic heterocycles. The highest BCUT2D eigenvalue weighted by molar-refractivity contribution is 5.78. The third-order valence-electron chi connectivity index (χ3n) is 6.18. The molecule has 1 N–H and O–H groups in total. The van der Waals surface area contributed by atoms with Crippen LogP contribution in [-0.2, 0) is 16.0 Å². The summed E-state index contributed by atoms with van der Waals surface area (Å²) in [7, 11) is 4.09. The molecule has 2 aromatic carbocycles. The number of fused-ring (bicyclic) bond motifs is 2. The van der Waals surface area contributed by atoms with Crippen LogP contribution in [0.3, 0.4) is 0 Å². The van der Waals surface area contributed by atoms with Gasteiger partial charge in [-0.2, -0.15) is 0 Å². The molecule has 4 heteroatoms. The maximum Gasteiger partial charge on any atom is 0.310 e. The van der Waals surface area contributed by atoms with E-state index in [1.165, 1.54) is 0 Å². The Morgan fingerprint density at radius 2 is 1.74 bits per heavy atom. The molecule has 4 rings (SSSR count). The number of nitrogens with zero attached hydrogens (tertiary/aromatic N) is 1. The fourth-order valence-electron chi connectivity index (χ4n) is 5.09. The smallest absolute Gasteiger partial charge is 0.310 e. The maximum absolute atomic E-state index is 12.7. The number of ether oxygens (including phenoxy) is 1. The highest BCUT2D eigenvalue weighted by Gasteiger charge is 2.55. The number of aliphatic hydroxyl groups excluding tert-OH is 1. The van der Waals surface area contributed by atoms with E-state index in [-0.39, 0.29) is 36.4 Å². The number of esters is 1. The van der Waals surface area contributed by atoms with E-state index in [1.54, 1.807) is 0 Å². The van der Waals surface area contributed by atoms with E-state index >= 15 is 0 Å². The average Bonchev–Trinajstić information content (AvgIpc) is 3.17. The number of carbonyl (C=O) groups excluding carboxylic acids is 1. The van der Waals surface area contributed by atoms with E-state index in [0.29, 0.717) is 6.04 Å². The molecule has 0 radical (unpaired) electrons. The molecular formula is C23H27NO3. The Morgan fingerprint density at radius 3 is 2.44 bits per heavy atom. The Kier molecular flexibility index (Phi) is 5.02. The lowest BCUT2D eigenvalue weighted by atomic mass is 9.95. The van der Waals surface area contributed by atoms with Gasteiger partial charge in [-0.15, -0.1) is 0 Å². The van der Waals surface area contributed by atoms with Gasteiger partial charge in [-0.3, -0.25) is 4.79 Å². The minimum Gasteiger partial charge on any atom is -0.462 e. The maximum atomic E-state index is 12.7. The van der Waals surface area contributed by atoms with Crippen molar-refractivity contribution in [3.8, 4) is 11.1 Å². The molecule has 5 unspecified atom stereocenters. The Morgan fingerprint density at radius 1 is 1.04 bits per heavy atom. The van der Waals surface area contributed by atoms with Crippen LogP contribution in [0, 0.1) is 11.8 Å². The zero-order chi connectivity index (χ0) is 19.0. The Hall–Kier alpha value is -2.17. The van der Waals surface area contributed by atoms with Gasteiger partial charge in [0, 0.05) is 17.9 Å². The molecule has 0 aliphatic heterocycles. The van der Waals surface area contributed by atoms with Gasteiger partial charge < -0.3 is 14.7 Å². The van der Waals surface area contributed by atoms with Crippen molar-refractivity contribution in [1.29, 1.82) is 0 Å². The summed E-state index contributed by atoms with van der Waals surface area (Å²) >= 11 is 0. The van der Waals surface area contributed by atoms with Crippen LogP contribution in [0.2, 0.25) is 0 Å². The number of hydrogen-bond acceptors (Lipinski definition) is 4. The van der Waals surface area contributed by atoms with E-state index in [9.17, 15) is 9.90 Å². The zero-order valence-electron chi connectivity index (χ0n) is 15.9. The third kappa shape index (κ3) is 3.52. The quantitative estimate of drug-likeness (QED) is 0.827. The SMILES string of the molecule is CN(C)C1C2CC(OC(=O)Cc3ccccc3-c3ccccc3)C1CC2O. The molecule has 2 aliphatic carbocycles. The summed E-state index contributed by atoms with van der Waals surface area (Å²) in [6.45, 7) is 0. The second-order valence-corrected chi connectivity index (χ2v) is 8.05. The first-order valence-electron chi connectivity index (χ1n) is 9.72. The zero-order valence-corrected chi connectivity index (χ0v) is 15.9. The Balaban J connectivity index is 1.46. The second-order valence-electron chi connectivity index (χ2n) is 8.05. The van der Waals surface area contributed by atoms with Crippen LogP contribution >= 0.6 is 0 Å². The van der Waals surface area contributed by atoms with Crippen molar-refractivity contribution in [3.05, 3.63) is 60.2 Å². The lowest BCUT2D eigenvalue weighted by Gasteiger charge is -2.26. The van der Waals surface area contributed by atoms with E-state index in [1.807, 2.05) is 56.6 Å². The minimum absolute atomic E-state index is 0.0813. The summed E-state index contributed by atoms with van der Waals surface area (Å²) in [6, 6.07) is 18.4. The summed E-state index contributed by atoms with van der Waals surface area (Å²) in [5.74, 6) is 0.260. The summed E-state index contributed by atoms with van der Waals surface area (Å²) in [6.07, 6.45) is 1.42. The Labute approximate surface area is 160 Å². The third-order valence-corrected chi connectivity index (χ3v) is 6.18. The normalized spacial score (nSPS) is 29.3. The van der Waals surface area contributed by atoms with Gasteiger partial charge in [-0.05, 0) is 43.6 Å². The molecule has 2 bridgehead atoms. The van der Waals surface area contributed by atoms with Crippen LogP contribution in [0.25, 0.3) is 11.1 Å². The molecule has 27 heavy (non-hydrogen) atoms. The van der Waals surface area contributed by atoms with E-state index in [4.69, 9.17) is 4.74 Å². The second kappa shape index (κ2) is 7.45. The molecule has 0 heterocycles. The molecule has 4 nitrogen and oxygen atoms in total. The summed E-state index contributed by atoms with van der Waals surface area (Å²) in [5.41, 5.74) is 3.17. The first-order valence-corrected chi connectivity index (χ1v) is 9.72. The summed E-state index contributed by atoms with van der Waals surface area (Å²) < 4.78 is 5.89. The average molecular weight is 365 g/mol. The van der Waals surface area contributed by atoms with Crippen molar-refractivity contribution >= 4 is 5.97 Å². The predicted molar refractivity (Wildman–Crippen MR) is 105 cm³/mol. The van der Waals surface area contributed by atoms with Crippen LogP contribution in [0.5, 0.6) is 0 Å². The van der Waals surface area contributed by atoms with Crippen molar-refractivity contribution in [2.75, 3.05) is 14.1 Å². The summed E-state index contributed by atoms with van der Waals surface area (Å²) in [4.78, 5) is 14.9. The minimum atomic E-state index is -0.267. The molecule has 2 fully saturated rings. The van der Waals surface area contributed by atoms with Crippen molar-refractivity contribution in [2.24, 2.45) is 11.8 Å². The summed E-state index contributed by atoms with van der Waals surface area (Å²) in [5, 5.41) is 10.2. The van der Waals surface area contributed by atoms with Gasteiger partial charge in [0.05, 0.1) is 12.5 Å². The highest BCUT2D eigenvalue weighted by Crippen LogP contribution is 2.48. The van der Waals surface area contributed by atoms with E-state index in [2.05, 4.69) is 17.0 Å². The molecule has 2 aromatic rings. The topological polar surface area (TPSA) is 49.8 Å². The number of rotatable bonds is 5. The van der Waals surface area contributed by atoms with Crippen LogP contribution < -0.4 is 0 Å². The Bertz CT molecular complexity index is 804.